The van der Waals surface area contributed by atoms with Gasteiger partial charge in [-0.1, -0.05) is 32.9 Å². The van der Waals surface area contributed by atoms with Crippen LogP contribution in [0.5, 0.6) is 11.5 Å². The number of rotatable bonds is 5. The molecule has 0 fully saturated rings. The van der Waals surface area contributed by atoms with Crippen molar-refractivity contribution in [3.05, 3.63) is 24.3 Å². The molecule has 18 heavy (non-hydrogen) atoms. The zero-order valence-corrected chi connectivity index (χ0v) is 11.7. The Balaban J connectivity index is 0. The summed E-state index contributed by atoms with van der Waals surface area (Å²) in [5.74, 6) is 1.67. The zero-order chi connectivity index (χ0) is 14.2. The maximum absolute atomic E-state index is 8.36. The highest BCUT2D eigenvalue weighted by Gasteiger charge is 2.01. The van der Waals surface area contributed by atoms with Gasteiger partial charge < -0.3 is 14.6 Å². The van der Waals surface area contributed by atoms with Crippen molar-refractivity contribution in [3.63, 3.8) is 0 Å². The number of benzene rings is 1. The second-order valence-corrected chi connectivity index (χ2v) is 2.83. The van der Waals surface area contributed by atoms with E-state index in [9.17, 15) is 0 Å². The molecule has 1 aromatic rings. The van der Waals surface area contributed by atoms with E-state index in [-0.39, 0.29) is 6.47 Å². The minimum atomic E-state index is -0.250. The minimum Gasteiger partial charge on any atom is -0.490 e. The summed E-state index contributed by atoms with van der Waals surface area (Å²) < 4.78 is 10.9. The SMILES string of the molecule is CC.CCCOc1ccccc1OCC.O=CO. The standard InChI is InChI=1S/C11H16O2.C2H6.CH2O2/c1-3-9-13-11-8-6-5-7-10(11)12-4-2;1-2;2-1-3/h5-8H,3-4,9H2,1-2H3;1-2H3;1H,(H,2,3). The third-order valence-electron chi connectivity index (χ3n) is 1.61. The Labute approximate surface area is 110 Å². The first-order valence-corrected chi connectivity index (χ1v) is 6.22. The predicted octanol–water partition coefficient (Wildman–Crippen LogP) is 3.60. The van der Waals surface area contributed by atoms with Crippen LogP contribution in [0.25, 0.3) is 0 Å². The van der Waals surface area contributed by atoms with Gasteiger partial charge in [-0.3, -0.25) is 4.79 Å². The molecule has 0 aromatic heterocycles. The number of hydrogen-bond acceptors (Lipinski definition) is 3. The Morgan fingerprint density at radius 2 is 1.56 bits per heavy atom. The van der Waals surface area contributed by atoms with Crippen molar-refractivity contribution in [2.45, 2.75) is 34.1 Å². The van der Waals surface area contributed by atoms with Crippen LogP contribution in [0.1, 0.15) is 34.1 Å². The van der Waals surface area contributed by atoms with E-state index in [2.05, 4.69) is 6.92 Å². The lowest BCUT2D eigenvalue weighted by Gasteiger charge is -2.10. The van der Waals surface area contributed by atoms with Crippen LogP contribution in [0.4, 0.5) is 0 Å². The lowest BCUT2D eigenvalue weighted by molar-refractivity contribution is -0.122. The third-order valence-corrected chi connectivity index (χ3v) is 1.61. The Kier molecular flexibility index (Phi) is 15.8. The smallest absolute Gasteiger partial charge is 0.290 e. The number of hydrogen-bond donors (Lipinski definition) is 1. The van der Waals surface area contributed by atoms with E-state index >= 15 is 0 Å². The van der Waals surface area contributed by atoms with Crippen molar-refractivity contribution in [1.82, 2.24) is 0 Å². The first-order valence-electron chi connectivity index (χ1n) is 6.22. The molecular formula is C14H24O4. The van der Waals surface area contributed by atoms with Gasteiger partial charge in [0.1, 0.15) is 0 Å². The van der Waals surface area contributed by atoms with E-state index in [4.69, 9.17) is 19.4 Å². The second-order valence-electron chi connectivity index (χ2n) is 2.83. The van der Waals surface area contributed by atoms with Gasteiger partial charge >= 0.3 is 0 Å². The lowest BCUT2D eigenvalue weighted by Crippen LogP contribution is -1.99. The second kappa shape index (κ2) is 15.3. The van der Waals surface area contributed by atoms with E-state index in [1.807, 2.05) is 45.0 Å². The molecule has 1 aromatic carbocycles. The third kappa shape index (κ3) is 9.51. The molecule has 0 atom stereocenters. The molecule has 0 aliphatic heterocycles. The molecule has 0 radical (unpaired) electrons. The molecule has 104 valence electrons. The molecule has 0 amide bonds. The number of carbonyl (C=O) groups is 1. The van der Waals surface area contributed by atoms with E-state index < -0.39 is 0 Å². The summed E-state index contributed by atoms with van der Waals surface area (Å²) >= 11 is 0. The quantitative estimate of drug-likeness (QED) is 0.818. The highest BCUT2D eigenvalue weighted by atomic mass is 16.5. The summed E-state index contributed by atoms with van der Waals surface area (Å²) in [6, 6.07) is 7.76. The molecule has 4 nitrogen and oxygen atoms in total. The fraction of sp³-hybridized carbons (Fsp3) is 0.500. The summed E-state index contributed by atoms with van der Waals surface area (Å²) in [7, 11) is 0. The van der Waals surface area contributed by atoms with Gasteiger partial charge in [-0.2, -0.15) is 0 Å². The molecular weight excluding hydrogens is 232 g/mol. The summed E-state index contributed by atoms with van der Waals surface area (Å²) in [6.07, 6.45) is 1.01. The van der Waals surface area contributed by atoms with E-state index in [1.165, 1.54) is 0 Å². The topological polar surface area (TPSA) is 55.8 Å². The van der Waals surface area contributed by atoms with Gasteiger partial charge in [0, 0.05) is 0 Å². The molecule has 0 saturated heterocycles. The normalized spacial score (nSPS) is 8.00. The highest BCUT2D eigenvalue weighted by molar-refractivity contribution is 5.39. The van der Waals surface area contributed by atoms with Crippen LogP contribution in [0.3, 0.4) is 0 Å². The molecule has 0 unspecified atom stereocenters. The molecule has 0 heterocycles. The van der Waals surface area contributed by atoms with Gasteiger partial charge in [-0.25, -0.2) is 0 Å². The van der Waals surface area contributed by atoms with Crippen molar-refractivity contribution >= 4 is 6.47 Å². The predicted molar refractivity (Wildman–Crippen MR) is 73.4 cm³/mol. The van der Waals surface area contributed by atoms with Crippen LogP contribution < -0.4 is 9.47 Å². The van der Waals surface area contributed by atoms with E-state index in [0.717, 1.165) is 24.5 Å². The fourth-order valence-electron chi connectivity index (χ4n) is 1.06. The lowest BCUT2D eigenvalue weighted by atomic mass is 10.3. The first-order chi connectivity index (χ1) is 8.79. The van der Waals surface area contributed by atoms with E-state index in [0.29, 0.717) is 6.61 Å². The molecule has 0 aliphatic rings. The molecule has 0 bridgehead atoms. The Morgan fingerprint density at radius 1 is 1.11 bits per heavy atom. The van der Waals surface area contributed by atoms with E-state index in [1.54, 1.807) is 0 Å². The number of ether oxygens (including phenoxy) is 2. The maximum atomic E-state index is 8.36. The van der Waals surface area contributed by atoms with Gasteiger partial charge in [0.2, 0.25) is 0 Å². The van der Waals surface area contributed by atoms with Crippen LogP contribution in [-0.2, 0) is 4.79 Å². The zero-order valence-electron chi connectivity index (χ0n) is 11.7. The monoisotopic (exact) mass is 256 g/mol. The van der Waals surface area contributed by atoms with Crippen LogP contribution in [-0.4, -0.2) is 24.8 Å². The molecule has 1 N–H and O–H groups in total. The Morgan fingerprint density at radius 3 is 1.94 bits per heavy atom. The summed E-state index contributed by atoms with van der Waals surface area (Å²) in [4.78, 5) is 8.36. The van der Waals surface area contributed by atoms with Crippen molar-refractivity contribution in [1.29, 1.82) is 0 Å². The van der Waals surface area contributed by atoms with Gasteiger partial charge in [0.25, 0.3) is 6.47 Å². The van der Waals surface area contributed by atoms with Crippen LogP contribution in [0.15, 0.2) is 24.3 Å². The van der Waals surface area contributed by atoms with Crippen molar-refractivity contribution in [3.8, 4) is 11.5 Å². The molecule has 1 rings (SSSR count). The summed E-state index contributed by atoms with van der Waals surface area (Å²) in [6.45, 7) is 9.22. The average molecular weight is 256 g/mol. The van der Waals surface area contributed by atoms with Crippen molar-refractivity contribution < 1.29 is 19.4 Å². The highest BCUT2D eigenvalue weighted by Crippen LogP contribution is 2.26. The van der Waals surface area contributed by atoms with Crippen molar-refractivity contribution in [2.24, 2.45) is 0 Å². The fourth-order valence-corrected chi connectivity index (χ4v) is 1.06. The van der Waals surface area contributed by atoms with Crippen LogP contribution >= 0.6 is 0 Å². The Hall–Kier alpha value is -1.71. The van der Waals surface area contributed by atoms with Gasteiger partial charge in [0.05, 0.1) is 13.2 Å². The van der Waals surface area contributed by atoms with Crippen LogP contribution in [0.2, 0.25) is 0 Å². The molecule has 0 spiro atoms. The molecule has 0 saturated carbocycles. The molecule has 0 aliphatic carbocycles. The Bertz CT molecular complexity index is 287. The average Bonchev–Trinajstić information content (AvgIpc) is 2.41. The van der Waals surface area contributed by atoms with Gasteiger partial charge in [-0.15, -0.1) is 0 Å². The first kappa shape index (κ1) is 18.6. The maximum Gasteiger partial charge on any atom is 0.290 e. The van der Waals surface area contributed by atoms with Gasteiger partial charge in [0.15, 0.2) is 11.5 Å². The summed E-state index contributed by atoms with van der Waals surface area (Å²) in [5.41, 5.74) is 0. The largest absolute Gasteiger partial charge is 0.490 e. The van der Waals surface area contributed by atoms with Crippen LogP contribution in [0, 0.1) is 0 Å². The molecule has 4 heteroatoms. The number of para-hydroxylation sites is 2. The number of carboxylic acid groups (broad SMARTS) is 1. The van der Waals surface area contributed by atoms with Gasteiger partial charge in [-0.05, 0) is 25.5 Å². The minimum absolute atomic E-state index is 0.250. The summed E-state index contributed by atoms with van der Waals surface area (Å²) in [5, 5.41) is 6.89. The van der Waals surface area contributed by atoms with Crippen molar-refractivity contribution in [2.75, 3.05) is 13.2 Å².